The third-order valence-corrected chi connectivity index (χ3v) is 9.00. The topological polar surface area (TPSA) is 112 Å². The maximum absolute atomic E-state index is 13.9. The van der Waals surface area contributed by atoms with Crippen molar-refractivity contribution in [3.05, 3.63) is 120 Å². The van der Waals surface area contributed by atoms with Gasteiger partial charge in [-0.3, -0.25) is 14.3 Å². The van der Waals surface area contributed by atoms with E-state index in [1.807, 2.05) is 109 Å². The van der Waals surface area contributed by atoms with Crippen LogP contribution in [0.25, 0.3) is 0 Å². The van der Waals surface area contributed by atoms with Gasteiger partial charge in [-0.1, -0.05) is 85.0 Å². The highest BCUT2D eigenvalue weighted by molar-refractivity contribution is 6.07. The molecule has 0 spiro atoms. The number of aromatic nitrogens is 3. The number of carbonyl (C=O) groups excluding carboxylic acids is 2. The Hall–Kier alpha value is -4.60. The maximum atomic E-state index is 13.9. The molecular formula is C36H39N5O4. The number of anilines is 2. The molecule has 3 heterocycles. The van der Waals surface area contributed by atoms with Gasteiger partial charge in [0.25, 0.3) is 5.91 Å². The summed E-state index contributed by atoms with van der Waals surface area (Å²) in [5.41, 5.74) is 3.08. The number of para-hydroxylation sites is 1. The highest BCUT2D eigenvalue weighted by atomic mass is 16.3. The molecule has 1 unspecified atom stereocenters. The van der Waals surface area contributed by atoms with Gasteiger partial charge in [-0.2, -0.15) is 0 Å². The van der Waals surface area contributed by atoms with E-state index in [2.05, 4.69) is 10.3 Å². The van der Waals surface area contributed by atoms with Crippen molar-refractivity contribution < 1.29 is 19.8 Å². The van der Waals surface area contributed by atoms with Crippen LogP contribution >= 0.6 is 0 Å². The first-order chi connectivity index (χ1) is 21.9. The fourth-order valence-electron chi connectivity index (χ4n) is 6.39. The van der Waals surface area contributed by atoms with E-state index < -0.39 is 11.5 Å². The van der Waals surface area contributed by atoms with E-state index in [0.29, 0.717) is 42.9 Å². The molecule has 3 aromatic carbocycles. The number of allylic oxidation sites excluding steroid dienone is 1. The van der Waals surface area contributed by atoms with Crippen molar-refractivity contribution in [2.45, 2.75) is 57.2 Å². The minimum atomic E-state index is -1.70. The molecule has 2 N–H and O–H groups in total. The largest absolute Gasteiger partial charge is 0.395 e. The number of aliphatic hydroxyl groups is 2. The predicted molar refractivity (Wildman–Crippen MR) is 172 cm³/mol. The van der Waals surface area contributed by atoms with Gasteiger partial charge in [-0.05, 0) is 48.6 Å². The minimum absolute atomic E-state index is 0.0594. The third-order valence-electron chi connectivity index (χ3n) is 9.00. The number of carbonyl (C=O) groups is 2. The molecule has 1 aromatic heterocycles. The van der Waals surface area contributed by atoms with Crippen LogP contribution in [0.15, 0.2) is 97.2 Å². The second-order valence-electron chi connectivity index (χ2n) is 11.9. The molecule has 3 atom stereocenters. The molecule has 0 saturated carbocycles. The molecule has 1 fully saturated rings. The number of hydrogen-bond donors (Lipinski definition) is 2. The molecule has 1 saturated heterocycles. The minimum Gasteiger partial charge on any atom is -0.395 e. The zero-order valence-electron chi connectivity index (χ0n) is 25.5. The summed E-state index contributed by atoms with van der Waals surface area (Å²) in [4.78, 5) is 29.7. The molecule has 0 aliphatic carbocycles. The Morgan fingerprint density at radius 3 is 2.49 bits per heavy atom. The van der Waals surface area contributed by atoms with Crippen LogP contribution < -0.4 is 9.80 Å². The maximum Gasteiger partial charge on any atom is 0.264 e. The number of fused-ring (bicyclic) bond motifs is 1. The molecule has 4 aromatic rings. The first kappa shape index (κ1) is 30.4. The molecule has 2 aliphatic rings. The van der Waals surface area contributed by atoms with Crippen LogP contribution in [-0.4, -0.2) is 50.2 Å². The lowest BCUT2D eigenvalue weighted by Gasteiger charge is -2.28. The zero-order valence-corrected chi connectivity index (χ0v) is 25.5. The Bertz CT molecular complexity index is 1670. The molecule has 2 aliphatic heterocycles. The second kappa shape index (κ2) is 13.2. The summed E-state index contributed by atoms with van der Waals surface area (Å²) in [5.74, 6) is -0.924. The van der Waals surface area contributed by atoms with E-state index in [9.17, 15) is 19.8 Å². The third kappa shape index (κ3) is 6.06. The number of benzene rings is 3. The number of nitrogens with zero attached hydrogens (tertiary/aromatic N) is 5. The molecule has 0 bridgehead atoms. The number of hydrogen-bond acceptors (Lipinski definition) is 6. The highest BCUT2D eigenvalue weighted by Gasteiger charge is 2.52. The monoisotopic (exact) mass is 605 g/mol. The van der Waals surface area contributed by atoms with Gasteiger partial charge in [0.1, 0.15) is 0 Å². The number of aliphatic hydroxyl groups excluding tert-OH is 1. The van der Waals surface area contributed by atoms with Crippen molar-refractivity contribution in [1.29, 1.82) is 0 Å². The van der Waals surface area contributed by atoms with Crippen molar-refractivity contribution in [3.8, 4) is 0 Å². The van der Waals surface area contributed by atoms with Crippen LogP contribution in [0.2, 0.25) is 0 Å². The van der Waals surface area contributed by atoms with Gasteiger partial charge in [0.05, 0.1) is 30.5 Å². The van der Waals surface area contributed by atoms with Crippen molar-refractivity contribution in [3.63, 3.8) is 0 Å². The summed E-state index contributed by atoms with van der Waals surface area (Å²) < 4.78 is 1.74. The van der Waals surface area contributed by atoms with Crippen LogP contribution in [-0.2, 0) is 28.3 Å². The van der Waals surface area contributed by atoms with Crippen LogP contribution in [0.1, 0.15) is 60.9 Å². The molecule has 9 heteroatoms. The summed E-state index contributed by atoms with van der Waals surface area (Å²) in [6, 6.07) is 24.9. The molecular weight excluding hydrogens is 566 g/mol. The van der Waals surface area contributed by atoms with Crippen LogP contribution in [0.5, 0.6) is 0 Å². The second-order valence-corrected chi connectivity index (χ2v) is 11.9. The van der Waals surface area contributed by atoms with Crippen LogP contribution in [0, 0.1) is 5.92 Å². The number of rotatable bonds is 11. The van der Waals surface area contributed by atoms with Gasteiger partial charge in [0.2, 0.25) is 5.91 Å². The average Bonchev–Trinajstić information content (AvgIpc) is 3.62. The lowest BCUT2D eigenvalue weighted by Crippen LogP contribution is -2.44. The van der Waals surface area contributed by atoms with Crippen molar-refractivity contribution in [2.24, 2.45) is 5.92 Å². The van der Waals surface area contributed by atoms with E-state index in [1.54, 1.807) is 9.58 Å². The molecule has 0 radical (unpaired) electrons. The van der Waals surface area contributed by atoms with Crippen molar-refractivity contribution in [2.75, 3.05) is 23.0 Å². The predicted octanol–water partition coefficient (Wildman–Crippen LogP) is 4.94. The fourth-order valence-corrected chi connectivity index (χ4v) is 6.39. The highest BCUT2D eigenvalue weighted by Crippen LogP contribution is 2.45. The lowest BCUT2D eigenvalue weighted by atomic mass is 9.83. The van der Waals surface area contributed by atoms with Gasteiger partial charge in [0.15, 0.2) is 5.60 Å². The quantitative estimate of drug-likeness (QED) is 0.235. The lowest BCUT2D eigenvalue weighted by molar-refractivity contribution is -0.139. The summed E-state index contributed by atoms with van der Waals surface area (Å²) in [6.07, 6.45) is 8.84. The Balaban J connectivity index is 1.11. The normalized spacial score (nSPS) is 19.7. The molecule has 232 valence electrons. The van der Waals surface area contributed by atoms with Crippen molar-refractivity contribution in [1.82, 2.24) is 15.0 Å². The van der Waals surface area contributed by atoms with Gasteiger partial charge >= 0.3 is 0 Å². The Morgan fingerprint density at radius 1 is 0.978 bits per heavy atom. The van der Waals surface area contributed by atoms with Gasteiger partial charge in [0, 0.05) is 42.9 Å². The van der Waals surface area contributed by atoms with Gasteiger partial charge in [-0.25, -0.2) is 0 Å². The summed E-state index contributed by atoms with van der Waals surface area (Å²) in [7, 11) is 0. The SMILES string of the molecule is C[C@H](/C=C/CCn1cc(C(CO)c2ccccc2)nn1)[C@@]1(O)C(=O)N(Cc2ccc(N3CCCCC3=O)cc2)c2ccccc21. The summed E-state index contributed by atoms with van der Waals surface area (Å²) in [5, 5.41) is 30.4. The van der Waals surface area contributed by atoms with Crippen LogP contribution in [0.3, 0.4) is 0 Å². The van der Waals surface area contributed by atoms with E-state index in [1.165, 1.54) is 0 Å². The number of aryl methyl sites for hydroxylation is 1. The standard InChI is InChI=1S/C36H39N5O4/c1-26(11-7-9-21-39-24-32(37-38-39)30(25-42)28-12-3-2-4-13-28)36(45)31-14-5-6-15-33(31)41(35(36)44)23-27-17-19-29(20-18-27)40-22-10-8-16-34(40)43/h2-7,11-15,17-20,24,26,30,42,45H,8-10,16,21-23,25H2,1H3/b11-7+/t26-,30?,36+/m1/s1. The molecule has 9 nitrogen and oxygen atoms in total. The Morgan fingerprint density at radius 2 is 1.73 bits per heavy atom. The number of amides is 2. The van der Waals surface area contributed by atoms with Gasteiger partial charge < -0.3 is 20.0 Å². The Labute approximate surface area is 263 Å². The fraction of sp³-hybridized carbons (Fsp3) is 0.333. The van der Waals surface area contributed by atoms with E-state index >= 15 is 0 Å². The first-order valence-corrected chi connectivity index (χ1v) is 15.7. The van der Waals surface area contributed by atoms with E-state index in [-0.39, 0.29) is 24.3 Å². The van der Waals surface area contributed by atoms with Crippen molar-refractivity contribution >= 4 is 23.2 Å². The summed E-state index contributed by atoms with van der Waals surface area (Å²) in [6.45, 7) is 3.41. The average molecular weight is 606 g/mol. The molecule has 45 heavy (non-hydrogen) atoms. The van der Waals surface area contributed by atoms with E-state index in [0.717, 1.165) is 36.2 Å². The molecule has 6 rings (SSSR count). The zero-order chi connectivity index (χ0) is 31.4. The molecule has 2 amide bonds. The smallest absolute Gasteiger partial charge is 0.264 e. The number of piperidine rings is 1. The van der Waals surface area contributed by atoms with E-state index in [4.69, 9.17) is 0 Å². The first-order valence-electron chi connectivity index (χ1n) is 15.7. The summed E-state index contributed by atoms with van der Waals surface area (Å²) >= 11 is 0. The van der Waals surface area contributed by atoms with Crippen LogP contribution in [0.4, 0.5) is 11.4 Å². The Kier molecular flexibility index (Phi) is 8.91. The van der Waals surface area contributed by atoms with Gasteiger partial charge in [-0.15, -0.1) is 5.10 Å².